The largest absolute Gasteiger partial charge is 0.336 e. The molecule has 0 bridgehead atoms. The van der Waals surface area contributed by atoms with Gasteiger partial charge in [-0.1, -0.05) is 0 Å². The Hall–Kier alpha value is -0.790. The Bertz CT molecular complexity index is 264. The highest BCUT2D eigenvalue weighted by Gasteiger charge is 2.45. The third-order valence-corrected chi connectivity index (χ3v) is 2.70. The molecule has 1 unspecified atom stereocenters. The zero-order valence-electron chi connectivity index (χ0n) is 7.88. The minimum absolute atomic E-state index is 0. The number of rotatable bonds is 2. The molecule has 2 aliphatic rings. The Labute approximate surface area is 89.5 Å². The Morgan fingerprint density at radius 1 is 1.57 bits per heavy atom. The van der Waals surface area contributed by atoms with Crippen LogP contribution in [0.2, 0.25) is 0 Å². The van der Waals surface area contributed by atoms with Gasteiger partial charge in [-0.25, -0.2) is 0 Å². The molecule has 4 nitrogen and oxygen atoms in total. The molecule has 14 heavy (non-hydrogen) atoms. The number of hydrogen-bond donors (Lipinski definition) is 2. The highest BCUT2D eigenvalue weighted by molar-refractivity contribution is 5.85. The van der Waals surface area contributed by atoms with E-state index in [1.165, 1.54) is 0 Å². The van der Waals surface area contributed by atoms with Crippen molar-refractivity contribution in [2.24, 2.45) is 0 Å². The van der Waals surface area contributed by atoms with E-state index in [1.807, 2.05) is 0 Å². The molecule has 1 atom stereocenters. The van der Waals surface area contributed by atoms with Gasteiger partial charge in [-0.2, -0.15) is 5.26 Å². The summed E-state index contributed by atoms with van der Waals surface area (Å²) in [5, 5.41) is 14.7. The summed E-state index contributed by atoms with van der Waals surface area (Å²) in [5.41, 5.74) is -0.513. The van der Waals surface area contributed by atoms with Crippen molar-refractivity contribution in [1.29, 1.82) is 5.26 Å². The standard InChI is InChI=1S/C9H13N3O.ClH/c10-6-9(3-4-9)12-8(13)7-2-1-5-11-7;/h7,11H,1-5H2,(H,12,13);1H. The molecule has 0 radical (unpaired) electrons. The Morgan fingerprint density at radius 3 is 2.71 bits per heavy atom. The number of carbonyl (C=O) groups is 1. The van der Waals surface area contributed by atoms with Gasteiger partial charge in [0, 0.05) is 0 Å². The lowest BCUT2D eigenvalue weighted by atomic mass is 10.2. The number of carbonyl (C=O) groups excluding carboxylic acids is 1. The van der Waals surface area contributed by atoms with Crippen molar-refractivity contribution in [3.8, 4) is 6.07 Å². The van der Waals surface area contributed by atoms with Gasteiger partial charge in [0.1, 0.15) is 5.54 Å². The summed E-state index contributed by atoms with van der Waals surface area (Å²) >= 11 is 0. The lowest BCUT2D eigenvalue weighted by Crippen LogP contribution is -2.45. The zero-order valence-corrected chi connectivity index (χ0v) is 8.69. The molecule has 1 saturated heterocycles. The molecule has 0 aromatic carbocycles. The van der Waals surface area contributed by atoms with E-state index >= 15 is 0 Å². The molecule has 1 heterocycles. The van der Waals surface area contributed by atoms with E-state index in [1.54, 1.807) is 0 Å². The van der Waals surface area contributed by atoms with Gasteiger partial charge in [0.25, 0.3) is 0 Å². The summed E-state index contributed by atoms with van der Waals surface area (Å²) < 4.78 is 0. The zero-order chi connectivity index (χ0) is 9.31. The highest BCUT2D eigenvalue weighted by Crippen LogP contribution is 2.34. The van der Waals surface area contributed by atoms with Crippen molar-refractivity contribution in [1.82, 2.24) is 10.6 Å². The number of amides is 1. The van der Waals surface area contributed by atoms with E-state index in [-0.39, 0.29) is 24.4 Å². The van der Waals surface area contributed by atoms with Gasteiger partial charge in [0.05, 0.1) is 12.1 Å². The molecule has 2 N–H and O–H groups in total. The first-order chi connectivity index (χ1) is 6.26. The van der Waals surface area contributed by atoms with Gasteiger partial charge in [-0.3, -0.25) is 4.79 Å². The van der Waals surface area contributed by atoms with Gasteiger partial charge in [-0.15, -0.1) is 12.4 Å². The number of halogens is 1. The lowest BCUT2D eigenvalue weighted by molar-refractivity contribution is -0.123. The van der Waals surface area contributed by atoms with Crippen LogP contribution in [-0.4, -0.2) is 24.0 Å². The maximum atomic E-state index is 11.5. The van der Waals surface area contributed by atoms with Crippen LogP contribution in [0.1, 0.15) is 25.7 Å². The van der Waals surface area contributed by atoms with Crippen molar-refractivity contribution >= 4 is 18.3 Å². The van der Waals surface area contributed by atoms with Gasteiger partial charge >= 0.3 is 0 Å². The van der Waals surface area contributed by atoms with E-state index in [4.69, 9.17) is 5.26 Å². The fraction of sp³-hybridized carbons (Fsp3) is 0.778. The van der Waals surface area contributed by atoms with Crippen LogP contribution in [0.4, 0.5) is 0 Å². The van der Waals surface area contributed by atoms with Crippen LogP contribution in [0.15, 0.2) is 0 Å². The molecule has 1 amide bonds. The number of nitriles is 1. The van der Waals surface area contributed by atoms with Crippen LogP contribution in [0, 0.1) is 11.3 Å². The van der Waals surface area contributed by atoms with Gasteiger partial charge < -0.3 is 10.6 Å². The maximum Gasteiger partial charge on any atom is 0.238 e. The third-order valence-electron chi connectivity index (χ3n) is 2.70. The summed E-state index contributed by atoms with van der Waals surface area (Å²) in [5.74, 6) is -0.00319. The smallest absolute Gasteiger partial charge is 0.238 e. The molecule has 5 heteroatoms. The van der Waals surface area contributed by atoms with Crippen molar-refractivity contribution in [2.75, 3.05) is 6.54 Å². The summed E-state index contributed by atoms with van der Waals surface area (Å²) in [4.78, 5) is 11.5. The molecular weight excluding hydrogens is 202 g/mol. The second-order valence-electron chi connectivity index (χ2n) is 3.83. The highest BCUT2D eigenvalue weighted by atomic mass is 35.5. The van der Waals surface area contributed by atoms with E-state index < -0.39 is 5.54 Å². The molecule has 1 aliphatic heterocycles. The topological polar surface area (TPSA) is 64.9 Å². The first-order valence-corrected chi connectivity index (χ1v) is 4.72. The molecule has 2 fully saturated rings. The average Bonchev–Trinajstić information content (AvgIpc) is 2.69. The van der Waals surface area contributed by atoms with E-state index in [9.17, 15) is 4.79 Å². The van der Waals surface area contributed by atoms with Gasteiger partial charge in [0.15, 0.2) is 0 Å². The van der Waals surface area contributed by atoms with Crippen LogP contribution >= 0.6 is 12.4 Å². The predicted octanol–water partition coefficient (Wildman–Crippen LogP) is 0.333. The molecule has 0 spiro atoms. The van der Waals surface area contributed by atoms with Crippen molar-refractivity contribution in [3.63, 3.8) is 0 Å². The number of nitrogens with one attached hydrogen (secondary N) is 2. The minimum Gasteiger partial charge on any atom is -0.336 e. The lowest BCUT2D eigenvalue weighted by Gasteiger charge is -2.13. The fourth-order valence-corrected chi connectivity index (χ4v) is 1.62. The van der Waals surface area contributed by atoms with Gasteiger partial charge in [-0.05, 0) is 32.2 Å². The minimum atomic E-state index is -0.513. The molecule has 0 aromatic heterocycles. The number of hydrogen-bond acceptors (Lipinski definition) is 3. The first-order valence-electron chi connectivity index (χ1n) is 4.72. The van der Waals surface area contributed by atoms with Crippen LogP contribution in [0.5, 0.6) is 0 Å². The van der Waals surface area contributed by atoms with E-state index in [0.29, 0.717) is 0 Å². The third kappa shape index (κ3) is 2.17. The normalized spacial score (nSPS) is 27.2. The molecule has 0 aromatic rings. The van der Waals surface area contributed by atoms with E-state index in [2.05, 4.69) is 16.7 Å². The maximum absolute atomic E-state index is 11.5. The van der Waals surface area contributed by atoms with Crippen LogP contribution in [0.25, 0.3) is 0 Å². The van der Waals surface area contributed by atoms with Crippen molar-refractivity contribution in [2.45, 2.75) is 37.3 Å². The second-order valence-corrected chi connectivity index (χ2v) is 3.83. The Balaban J connectivity index is 0.000000980. The summed E-state index contributed by atoms with van der Waals surface area (Å²) in [6.07, 6.45) is 3.56. The quantitative estimate of drug-likeness (QED) is 0.698. The van der Waals surface area contributed by atoms with Crippen LogP contribution < -0.4 is 10.6 Å². The SMILES string of the molecule is Cl.N#CC1(NC(=O)C2CCCN2)CC1. The van der Waals surface area contributed by atoms with Crippen LogP contribution in [0.3, 0.4) is 0 Å². The molecule has 1 aliphatic carbocycles. The molecular formula is C9H14ClN3O. The molecule has 78 valence electrons. The first kappa shape index (κ1) is 11.3. The van der Waals surface area contributed by atoms with E-state index in [0.717, 1.165) is 32.2 Å². The van der Waals surface area contributed by atoms with Crippen LogP contribution in [-0.2, 0) is 4.79 Å². The van der Waals surface area contributed by atoms with Crippen molar-refractivity contribution < 1.29 is 4.79 Å². The number of nitrogens with zero attached hydrogens (tertiary/aromatic N) is 1. The van der Waals surface area contributed by atoms with Crippen molar-refractivity contribution in [3.05, 3.63) is 0 Å². The monoisotopic (exact) mass is 215 g/mol. The molecule has 2 rings (SSSR count). The second kappa shape index (κ2) is 4.16. The Kier molecular flexibility index (Phi) is 3.35. The molecule has 1 saturated carbocycles. The van der Waals surface area contributed by atoms with Gasteiger partial charge in [0.2, 0.25) is 5.91 Å². The fourth-order valence-electron chi connectivity index (χ4n) is 1.62. The average molecular weight is 216 g/mol. The summed E-state index contributed by atoms with van der Waals surface area (Å²) in [6, 6.07) is 2.08. The predicted molar refractivity (Wildman–Crippen MR) is 54.0 cm³/mol. The Morgan fingerprint density at radius 2 is 2.29 bits per heavy atom. The summed E-state index contributed by atoms with van der Waals surface area (Å²) in [6.45, 7) is 0.914. The summed E-state index contributed by atoms with van der Waals surface area (Å²) in [7, 11) is 0.